The van der Waals surface area contributed by atoms with Crippen molar-refractivity contribution in [3.8, 4) is 24.0 Å². The topological polar surface area (TPSA) is 0 Å². The van der Waals surface area contributed by atoms with Crippen LogP contribution in [0.25, 0.3) is 11.1 Å². The van der Waals surface area contributed by atoms with Crippen LogP contribution in [0.4, 0.5) is 0 Å². The number of fused-ring (bicyclic) bond motifs is 4. The third-order valence-corrected chi connectivity index (χ3v) is 16.1. The van der Waals surface area contributed by atoms with Crippen molar-refractivity contribution >= 4 is 40.7 Å². The van der Waals surface area contributed by atoms with E-state index in [-0.39, 0.29) is 6.71 Å². The molecule has 0 radical (unpaired) electrons. The fourth-order valence-corrected chi connectivity index (χ4v) is 13.9. The van der Waals surface area contributed by atoms with E-state index in [0.717, 1.165) is 18.2 Å². The van der Waals surface area contributed by atoms with Gasteiger partial charge < -0.3 is 0 Å². The molecule has 5 aromatic carbocycles. The van der Waals surface area contributed by atoms with Crippen LogP contribution in [0.3, 0.4) is 0 Å². The molecule has 4 unspecified atom stereocenters. The van der Waals surface area contributed by atoms with E-state index in [0.29, 0.717) is 29.9 Å². The molecule has 0 saturated heterocycles. The van der Waals surface area contributed by atoms with Crippen LogP contribution >= 0.6 is 0 Å². The van der Waals surface area contributed by atoms with Crippen LogP contribution < -0.4 is 27.3 Å². The summed E-state index contributed by atoms with van der Waals surface area (Å²) in [5, 5.41) is 0. The first-order valence-electron chi connectivity index (χ1n) is 25.6. The molecule has 3 aliphatic carbocycles. The Bertz CT molecular complexity index is 2500. The third kappa shape index (κ3) is 9.31. The highest BCUT2D eigenvalue weighted by Crippen LogP contribution is 2.63. The van der Waals surface area contributed by atoms with Crippen molar-refractivity contribution in [3.05, 3.63) is 170 Å². The summed E-state index contributed by atoms with van der Waals surface area (Å²) >= 11 is 0. The van der Waals surface area contributed by atoms with Gasteiger partial charge in [-0.25, -0.2) is 0 Å². The second kappa shape index (κ2) is 20.5. The Kier molecular flexibility index (Phi) is 15.2. The number of allylic oxidation sites excluding steroid dienone is 6. The number of benzene rings is 5. The van der Waals surface area contributed by atoms with Crippen LogP contribution in [0.5, 0.6) is 0 Å². The van der Waals surface area contributed by atoms with E-state index < -0.39 is 0 Å². The van der Waals surface area contributed by atoms with Crippen LogP contribution in [0.2, 0.25) is 6.32 Å². The molecule has 2 bridgehead atoms. The summed E-state index contributed by atoms with van der Waals surface area (Å²) in [5.74, 6) is 3.11. The van der Waals surface area contributed by atoms with Gasteiger partial charge in [0.15, 0.2) is 0 Å². The maximum Gasteiger partial charge on any atom is 0.243 e. The molecule has 2 saturated carbocycles. The first-order chi connectivity index (χ1) is 31.8. The molecule has 5 aromatic rings. The fraction of sp³-hybridized carbons (Fsp3) is 0.406. The standard InChI is InChI=1S/C60H70B2.C2H6.C2H2/c1-12-46(18-17-25-61(57-41(8)26-39(6)27-42(57)9)58-43(10)28-40(7)29-44(58)11)48-24-23-47-32-49-35-60(34-48,36-54(47)49)33-45-30-52(37(2)3)59(53(31-45)38(4)5)62-55-21-15-13-19-50(55)51-20-14-16-22-56(51)62;2*1-2/h12-23,26-31,37-38,48-49,54H,24-25,32-36H2,1-11H3;1-2H3;1-2H/b18-17-,46-12+,47-23-;;. The SMILES string of the molecule is C#C.C/C=C(\C=C/CB(c1c(C)cc(C)cc1C)c1c(C)cc(C)cc1C)C1C/C=C2/CC3CC(Cc4cc(C(C)C)c(B5c6ccccc6-c6ccccc65)c(C(C)C)c4)(C1)CC23.CC. The molecule has 340 valence electrons. The maximum absolute atomic E-state index is 4.00. The van der Waals surface area contributed by atoms with E-state index >= 15 is 0 Å². The van der Waals surface area contributed by atoms with E-state index in [2.05, 4.69) is 198 Å². The van der Waals surface area contributed by atoms with Gasteiger partial charge in [-0.05, 0) is 162 Å². The number of hydrogen-bond donors (Lipinski definition) is 0. The van der Waals surface area contributed by atoms with E-state index in [1.54, 1.807) is 27.7 Å². The van der Waals surface area contributed by atoms with Gasteiger partial charge in [0.05, 0.1) is 0 Å². The summed E-state index contributed by atoms with van der Waals surface area (Å²) in [7, 11) is 0. The second-order valence-corrected chi connectivity index (χ2v) is 21.3. The van der Waals surface area contributed by atoms with E-state index in [4.69, 9.17) is 0 Å². The van der Waals surface area contributed by atoms with Gasteiger partial charge in [-0.2, -0.15) is 0 Å². The Morgan fingerprint density at radius 1 is 0.712 bits per heavy atom. The molecular weight excluding hydrogens is 790 g/mol. The lowest BCUT2D eigenvalue weighted by Crippen LogP contribution is -2.52. The van der Waals surface area contributed by atoms with Crippen molar-refractivity contribution < 1.29 is 0 Å². The molecule has 0 N–H and O–H groups in total. The van der Waals surface area contributed by atoms with Gasteiger partial charge in [0.1, 0.15) is 0 Å². The molecular formula is C64H78B2. The van der Waals surface area contributed by atoms with Crippen LogP contribution in [0.1, 0.15) is 142 Å². The van der Waals surface area contributed by atoms with E-state index in [1.165, 1.54) is 110 Å². The third-order valence-electron chi connectivity index (χ3n) is 16.1. The summed E-state index contributed by atoms with van der Waals surface area (Å²) in [4.78, 5) is 0. The highest BCUT2D eigenvalue weighted by molar-refractivity contribution is 6.99. The van der Waals surface area contributed by atoms with Crippen LogP contribution in [-0.2, 0) is 6.42 Å². The Labute approximate surface area is 403 Å². The zero-order valence-electron chi connectivity index (χ0n) is 43.0. The molecule has 0 nitrogen and oxygen atoms in total. The van der Waals surface area contributed by atoms with Crippen LogP contribution in [-0.4, -0.2) is 13.4 Å². The molecule has 66 heavy (non-hydrogen) atoms. The smallest absolute Gasteiger partial charge is 0.124 e. The zero-order valence-corrected chi connectivity index (χ0v) is 43.0. The van der Waals surface area contributed by atoms with Crippen LogP contribution in [0, 0.1) is 77.6 Å². The Morgan fingerprint density at radius 3 is 1.70 bits per heavy atom. The summed E-state index contributed by atoms with van der Waals surface area (Å²) in [6, 6.07) is 33.4. The van der Waals surface area contributed by atoms with Gasteiger partial charge in [0, 0.05) is 0 Å². The Morgan fingerprint density at radius 2 is 1.21 bits per heavy atom. The van der Waals surface area contributed by atoms with E-state index in [1.807, 2.05) is 13.8 Å². The van der Waals surface area contributed by atoms with Crippen LogP contribution in [0.15, 0.2) is 120 Å². The van der Waals surface area contributed by atoms with Crippen molar-refractivity contribution in [1.82, 2.24) is 0 Å². The maximum atomic E-state index is 4.00. The lowest BCUT2D eigenvalue weighted by atomic mass is 9.36. The average Bonchev–Trinajstić information content (AvgIpc) is 3.79. The highest BCUT2D eigenvalue weighted by atomic mass is 14.6. The summed E-state index contributed by atoms with van der Waals surface area (Å²) in [6.45, 7) is 30.5. The molecule has 0 aromatic heterocycles. The second-order valence-electron chi connectivity index (χ2n) is 21.3. The van der Waals surface area contributed by atoms with Crippen molar-refractivity contribution in [2.24, 2.45) is 23.2 Å². The summed E-state index contributed by atoms with van der Waals surface area (Å²) in [5.41, 5.74) is 27.1. The molecule has 2 heteroatoms. The molecule has 0 spiro atoms. The predicted octanol–water partition coefficient (Wildman–Crippen LogP) is 13.7. The Balaban J connectivity index is 0.00000158. The number of aryl methyl sites for hydroxylation is 6. The van der Waals surface area contributed by atoms with Gasteiger partial charge in [-0.15, -0.1) is 12.8 Å². The molecule has 9 rings (SSSR count). The predicted molar refractivity (Wildman–Crippen MR) is 294 cm³/mol. The number of terminal acetylenes is 1. The van der Waals surface area contributed by atoms with Gasteiger partial charge in [-0.1, -0.05) is 217 Å². The van der Waals surface area contributed by atoms with Crippen molar-refractivity contribution in [2.75, 3.05) is 0 Å². The Hall–Kier alpha value is -4.99. The van der Waals surface area contributed by atoms with E-state index in [9.17, 15) is 0 Å². The molecule has 4 atom stereocenters. The van der Waals surface area contributed by atoms with Gasteiger partial charge >= 0.3 is 0 Å². The number of rotatable bonds is 11. The van der Waals surface area contributed by atoms with Crippen molar-refractivity contribution in [2.45, 2.75) is 147 Å². The molecule has 2 fully saturated rings. The lowest BCUT2D eigenvalue weighted by molar-refractivity contribution is 0.224. The normalized spacial score (nSPS) is 21.2. The number of hydrogen-bond acceptors (Lipinski definition) is 0. The molecule has 1 heterocycles. The largest absolute Gasteiger partial charge is 0.243 e. The van der Waals surface area contributed by atoms with Gasteiger partial charge in [0.2, 0.25) is 13.4 Å². The molecule has 4 aliphatic rings. The monoisotopic (exact) mass is 869 g/mol. The zero-order chi connectivity index (χ0) is 47.6. The van der Waals surface area contributed by atoms with Crippen molar-refractivity contribution in [1.29, 1.82) is 0 Å². The minimum Gasteiger partial charge on any atom is -0.124 e. The summed E-state index contributed by atoms with van der Waals surface area (Å²) < 4.78 is 0. The van der Waals surface area contributed by atoms with Gasteiger partial charge in [-0.3, -0.25) is 0 Å². The van der Waals surface area contributed by atoms with Crippen molar-refractivity contribution in [3.63, 3.8) is 0 Å². The quantitative estimate of drug-likeness (QED) is 0.0527. The first-order valence-corrected chi connectivity index (χ1v) is 25.6. The minimum atomic E-state index is 0.284. The summed E-state index contributed by atoms with van der Waals surface area (Å²) in [6.07, 6.45) is 27.0. The minimum absolute atomic E-state index is 0.284. The molecule has 1 aliphatic heterocycles. The first kappa shape index (κ1) is 48.9. The molecule has 0 amide bonds. The van der Waals surface area contributed by atoms with Gasteiger partial charge in [0.25, 0.3) is 0 Å². The highest BCUT2D eigenvalue weighted by Gasteiger charge is 2.53. The fourth-order valence-electron chi connectivity index (χ4n) is 13.9. The average molecular weight is 869 g/mol. The lowest BCUT2D eigenvalue weighted by Gasteiger charge is -2.37.